The summed E-state index contributed by atoms with van der Waals surface area (Å²) in [5.41, 5.74) is 0.463. The maximum atomic E-state index is 13.7. The summed E-state index contributed by atoms with van der Waals surface area (Å²) >= 11 is 1.88. The number of pyridine rings is 1. The number of rotatable bonds is 4. The molecule has 1 spiro atoms. The van der Waals surface area contributed by atoms with Crippen LogP contribution in [0, 0.1) is 5.82 Å². The summed E-state index contributed by atoms with van der Waals surface area (Å²) in [6.45, 7) is 1.44. The number of halogens is 1. The van der Waals surface area contributed by atoms with E-state index in [9.17, 15) is 9.18 Å². The van der Waals surface area contributed by atoms with Crippen LogP contribution in [0.3, 0.4) is 0 Å². The van der Waals surface area contributed by atoms with Gasteiger partial charge in [0.15, 0.2) is 0 Å². The summed E-state index contributed by atoms with van der Waals surface area (Å²) in [7, 11) is 0. The van der Waals surface area contributed by atoms with Crippen LogP contribution in [-0.2, 0) is 11.2 Å². The Morgan fingerprint density at radius 3 is 2.92 bits per heavy atom. The maximum Gasteiger partial charge on any atom is 0.227 e. The molecule has 1 amide bonds. The minimum Gasteiger partial charge on any atom is -0.488 e. The van der Waals surface area contributed by atoms with Crippen LogP contribution in [0.2, 0.25) is 0 Å². The summed E-state index contributed by atoms with van der Waals surface area (Å²) in [6.07, 6.45) is 4.65. The van der Waals surface area contributed by atoms with Crippen molar-refractivity contribution < 1.29 is 13.9 Å². The number of hydrogen-bond acceptors (Lipinski definition) is 4. The summed E-state index contributed by atoms with van der Waals surface area (Å²) in [5.74, 6) is 1.39. The van der Waals surface area contributed by atoms with Crippen LogP contribution in [0.1, 0.15) is 12.0 Å². The molecule has 2 aliphatic heterocycles. The largest absolute Gasteiger partial charge is 0.488 e. The second-order valence-electron chi connectivity index (χ2n) is 6.64. The molecular formula is C19H19FN2O2S. The zero-order chi connectivity index (χ0) is 17.3. The molecule has 1 aromatic heterocycles. The highest BCUT2D eigenvalue weighted by Gasteiger charge is 2.51. The van der Waals surface area contributed by atoms with Gasteiger partial charge in [0.05, 0.1) is 17.4 Å². The van der Waals surface area contributed by atoms with Crippen molar-refractivity contribution >= 4 is 17.7 Å². The molecule has 2 aromatic rings. The van der Waals surface area contributed by atoms with Crippen molar-refractivity contribution in [3.05, 3.63) is 60.2 Å². The van der Waals surface area contributed by atoms with Gasteiger partial charge in [-0.05, 0) is 23.8 Å². The lowest BCUT2D eigenvalue weighted by atomic mass is 9.92. The lowest BCUT2D eigenvalue weighted by molar-refractivity contribution is -0.135. The Kier molecular flexibility index (Phi) is 4.37. The fourth-order valence-corrected chi connectivity index (χ4v) is 4.97. The molecule has 130 valence electrons. The highest BCUT2D eigenvalue weighted by Crippen LogP contribution is 2.46. The molecule has 25 heavy (non-hydrogen) atoms. The molecule has 0 unspecified atom stereocenters. The van der Waals surface area contributed by atoms with Gasteiger partial charge in [0.2, 0.25) is 5.91 Å². The van der Waals surface area contributed by atoms with Gasteiger partial charge in [-0.3, -0.25) is 9.78 Å². The summed E-state index contributed by atoms with van der Waals surface area (Å²) in [6, 6.07) is 10.2. The zero-order valence-corrected chi connectivity index (χ0v) is 14.5. The van der Waals surface area contributed by atoms with Crippen molar-refractivity contribution in [2.45, 2.75) is 23.7 Å². The molecule has 2 aliphatic rings. The minimum atomic E-state index is -0.314. The maximum absolute atomic E-state index is 13.7. The molecule has 6 heteroatoms. The monoisotopic (exact) mass is 358 g/mol. The van der Waals surface area contributed by atoms with Crippen LogP contribution in [0.4, 0.5) is 4.39 Å². The first-order valence-electron chi connectivity index (χ1n) is 8.35. The Morgan fingerprint density at radius 1 is 1.32 bits per heavy atom. The van der Waals surface area contributed by atoms with Gasteiger partial charge in [-0.2, -0.15) is 0 Å². The summed E-state index contributed by atoms with van der Waals surface area (Å²) < 4.78 is 19.8. The Labute approximate surface area is 150 Å². The van der Waals surface area contributed by atoms with Gasteiger partial charge in [0, 0.05) is 31.5 Å². The van der Waals surface area contributed by atoms with Gasteiger partial charge < -0.3 is 9.64 Å². The van der Waals surface area contributed by atoms with Crippen molar-refractivity contribution in [1.29, 1.82) is 0 Å². The number of likely N-dealkylation sites (tertiary alicyclic amines) is 1. The van der Waals surface area contributed by atoms with Crippen LogP contribution in [0.15, 0.2) is 48.8 Å². The average Bonchev–Trinajstić information content (AvgIpc) is 3.01. The molecule has 0 N–H and O–H groups in total. The number of nitrogens with zero attached hydrogens (tertiary/aromatic N) is 2. The van der Waals surface area contributed by atoms with Gasteiger partial charge in [-0.15, -0.1) is 11.8 Å². The standard InChI is InChI=1S/C19H19FN2O2S/c20-17-6-2-1-4-14(17)8-18(23)22-12-19(13-22)9-16(11-25-19)24-15-5-3-7-21-10-15/h1-7,10,16H,8-9,11-13H2/t16-/m1/s1. The lowest BCUT2D eigenvalue weighted by Gasteiger charge is -2.47. The van der Waals surface area contributed by atoms with E-state index in [0.717, 1.165) is 31.0 Å². The third-order valence-electron chi connectivity index (χ3n) is 4.72. The van der Waals surface area contributed by atoms with Gasteiger partial charge in [-0.1, -0.05) is 18.2 Å². The Morgan fingerprint density at radius 2 is 2.16 bits per heavy atom. The first-order chi connectivity index (χ1) is 12.1. The predicted octanol–water partition coefficient (Wildman–Crippen LogP) is 2.93. The highest BCUT2D eigenvalue weighted by atomic mass is 32.2. The van der Waals surface area contributed by atoms with Crippen molar-refractivity contribution in [2.24, 2.45) is 0 Å². The van der Waals surface area contributed by atoms with Crippen LogP contribution in [-0.4, -0.2) is 45.5 Å². The molecule has 0 bridgehead atoms. The van der Waals surface area contributed by atoms with Gasteiger partial charge in [0.25, 0.3) is 0 Å². The van der Waals surface area contributed by atoms with Gasteiger partial charge in [0.1, 0.15) is 17.7 Å². The topological polar surface area (TPSA) is 42.4 Å². The molecule has 0 saturated carbocycles. The number of carbonyl (C=O) groups is 1. The van der Waals surface area contributed by atoms with Crippen molar-refractivity contribution in [1.82, 2.24) is 9.88 Å². The van der Waals surface area contributed by atoms with Crippen LogP contribution in [0.5, 0.6) is 5.75 Å². The normalized spacial score (nSPS) is 21.2. The molecule has 0 radical (unpaired) electrons. The summed E-state index contributed by atoms with van der Waals surface area (Å²) in [5, 5.41) is 0. The van der Waals surface area contributed by atoms with Crippen molar-refractivity contribution in [3.63, 3.8) is 0 Å². The van der Waals surface area contributed by atoms with E-state index in [-0.39, 0.29) is 29.0 Å². The molecule has 3 heterocycles. The fraction of sp³-hybridized carbons (Fsp3) is 0.368. The number of ether oxygens (including phenoxy) is 1. The molecule has 0 aliphatic carbocycles. The second-order valence-corrected chi connectivity index (χ2v) is 8.13. The molecular weight excluding hydrogens is 339 g/mol. The third-order valence-corrected chi connectivity index (χ3v) is 6.30. The van der Waals surface area contributed by atoms with E-state index in [1.165, 1.54) is 6.07 Å². The number of aromatic nitrogens is 1. The first-order valence-corrected chi connectivity index (χ1v) is 9.34. The Bertz CT molecular complexity index is 765. The number of carbonyl (C=O) groups excluding carboxylic acids is 1. The van der Waals surface area contributed by atoms with Gasteiger partial charge in [-0.25, -0.2) is 4.39 Å². The first kappa shape index (κ1) is 16.4. The molecule has 2 fully saturated rings. The van der Waals surface area contributed by atoms with Gasteiger partial charge >= 0.3 is 0 Å². The predicted molar refractivity (Wildman–Crippen MR) is 95.1 cm³/mol. The number of benzene rings is 1. The van der Waals surface area contributed by atoms with E-state index in [1.807, 2.05) is 28.8 Å². The van der Waals surface area contributed by atoms with Crippen LogP contribution >= 0.6 is 11.8 Å². The summed E-state index contributed by atoms with van der Waals surface area (Å²) in [4.78, 5) is 18.3. The van der Waals surface area contributed by atoms with Crippen LogP contribution in [0.25, 0.3) is 0 Å². The van der Waals surface area contributed by atoms with Crippen LogP contribution < -0.4 is 4.74 Å². The molecule has 4 rings (SSSR count). The molecule has 1 aromatic carbocycles. The Balaban J connectivity index is 1.30. The smallest absolute Gasteiger partial charge is 0.227 e. The lowest BCUT2D eigenvalue weighted by Crippen LogP contribution is -2.61. The highest BCUT2D eigenvalue weighted by molar-refractivity contribution is 8.01. The quantitative estimate of drug-likeness (QED) is 0.843. The molecule has 2 saturated heterocycles. The fourth-order valence-electron chi connectivity index (χ4n) is 3.45. The van der Waals surface area contributed by atoms with E-state index >= 15 is 0 Å². The average molecular weight is 358 g/mol. The van der Waals surface area contributed by atoms with E-state index in [2.05, 4.69) is 4.98 Å². The van der Waals surface area contributed by atoms with Crippen molar-refractivity contribution in [2.75, 3.05) is 18.8 Å². The number of hydrogen-bond donors (Lipinski definition) is 0. The van der Waals surface area contributed by atoms with Crippen molar-refractivity contribution in [3.8, 4) is 5.75 Å². The Hall–Kier alpha value is -2.08. The number of amides is 1. The SMILES string of the molecule is O=C(Cc1ccccc1F)N1CC2(C[C@@H](Oc3cccnc3)CS2)C1. The van der Waals surface area contributed by atoms with E-state index < -0.39 is 0 Å². The van der Waals surface area contributed by atoms with E-state index in [1.54, 1.807) is 30.6 Å². The third kappa shape index (κ3) is 3.49. The zero-order valence-electron chi connectivity index (χ0n) is 13.7. The number of thioether (sulfide) groups is 1. The van der Waals surface area contributed by atoms with E-state index in [4.69, 9.17) is 4.74 Å². The van der Waals surface area contributed by atoms with E-state index in [0.29, 0.717) is 5.56 Å². The molecule has 4 nitrogen and oxygen atoms in total. The minimum absolute atomic E-state index is 0.00653. The molecule has 1 atom stereocenters. The second kappa shape index (κ2) is 6.67.